The van der Waals surface area contributed by atoms with Crippen LogP contribution in [-0.2, 0) is 10.0 Å². The number of likely N-dealkylation sites (N-methyl/N-ethyl adjacent to an activating group) is 1. The molecule has 19 heavy (non-hydrogen) atoms. The molecule has 0 atom stereocenters. The Balaban J connectivity index is 3.49. The van der Waals surface area contributed by atoms with E-state index in [9.17, 15) is 13.2 Å². The maximum Gasteiger partial charge on any atom is 0.335 e. The van der Waals surface area contributed by atoms with Crippen LogP contribution in [0.4, 0.5) is 0 Å². The zero-order chi connectivity index (χ0) is 14.8. The molecule has 104 valence electrons. The molecular weight excluding hydrogens is 334 g/mol. The summed E-state index contributed by atoms with van der Waals surface area (Å²) >= 11 is 3.19. The Morgan fingerprint density at radius 3 is 2.58 bits per heavy atom. The molecule has 1 aromatic rings. The fourth-order valence-electron chi connectivity index (χ4n) is 1.50. The van der Waals surface area contributed by atoms with Crippen molar-refractivity contribution in [3.05, 3.63) is 40.4 Å². The third-order valence-corrected chi connectivity index (χ3v) is 5.71. The van der Waals surface area contributed by atoms with Crippen LogP contribution in [0.5, 0.6) is 0 Å². The molecule has 5 nitrogen and oxygen atoms in total. The van der Waals surface area contributed by atoms with E-state index in [-0.39, 0.29) is 17.0 Å². The summed E-state index contributed by atoms with van der Waals surface area (Å²) in [5.74, 6) is -1.17. The van der Waals surface area contributed by atoms with Crippen LogP contribution in [0, 0.1) is 6.92 Å². The monoisotopic (exact) mass is 347 g/mol. The Labute approximate surface area is 120 Å². The van der Waals surface area contributed by atoms with Crippen LogP contribution in [0.15, 0.2) is 34.2 Å². The second kappa shape index (κ2) is 5.85. The van der Waals surface area contributed by atoms with E-state index in [2.05, 4.69) is 22.5 Å². The number of hydrogen-bond donors (Lipinski definition) is 1. The molecule has 0 fully saturated rings. The van der Waals surface area contributed by atoms with E-state index in [1.165, 1.54) is 19.2 Å². The minimum atomic E-state index is -3.76. The molecule has 0 bridgehead atoms. The van der Waals surface area contributed by atoms with Gasteiger partial charge >= 0.3 is 5.97 Å². The number of carbonyl (C=O) groups is 1. The molecule has 0 heterocycles. The number of hydrogen-bond acceptors (Lipinski definition) is 3. The average molecular weight is 348 g/mol. The topological polar surface area (TPSA) is 74.7 Å². The Kier molecular flexibility index (Phi) is 4.89. The molecule has 0 aromatic heterocycles. The van der Waals surface area contributed by atoms with Crippen LogP contribution in [0.25, 0.3) is 0 Å². The molecule has 0 amide bonds. The summed E-state index contributed by atoms with van der Waals surface area (Å²) in [6, 6.07) is 2.56. The summed E-state index contributed by atoms with van der Waals surface area (Å²) in [5, 5.41) is 8.99. The Hall–Kier alpha value is -1.18. The van der Waals surface area contributed by atoms with Crippen molar-refractivity contribution in [2.45, 2.75) is 11.8 Å². The fraction of sp³-hybridized carbons (Fsp3) is 0.250. The first-order valence-electron chi connectivity index (χ1n) is 5.32. The predicted molar refractivity (Wildman–Crippen MR) is 75.9 cm³/mol. The van der Waals surface area contributed by atoms with Crippen LogP contribution in [0.2, 0.25) is 0 Å². The second-order valence-corrected chi connectivity index (χ2v) is 6.79. The molecule has 0 aliphatic rings. The first-order chi connectivity index (χ1) is 8.71. The molecule has 0 radical (unpaired) electrons. The van der Waals surface area contributed by atoms with Gasteiger partial charge in [0.2, 0.25) is 10.0 Å². The van der Waals surface area contributed by atoms with E-state index in [0.717, 1.165) is 10.4 Å². The summed E-state index contributed by atoms with van der Waals surface area (Å²) in [6.45, 7) is 5.27. The molecule has 0 aliphatic carbocycles. The maximum atomic E-state index is 12.3. The molecule has 0 saturated heterocycles. The lowest BCUT2D eigenvalue weighted by Crippen LogP contribution is -2.27. The van der Waals surface area contributed by atoms with Crippen molar-refractivity contribution in [3.8, 4) is 0 Å². The maximum absolute atomic E-state index is 12.3. The van der Waals surface area contributed by atoms with E-state index in [1.807, 2.05) is 0 Å². The van der Waals surface area contributed by atoms with Crippen LogP contribution in [-0.4, -0.2) is 37.4 Å². The SMILES string of the molecule is C=CCN(C)S(=O)(=O)c1cc(C(=O)O)cc(C)c1Br. The minimum Gasteiger partial charge on any atom is -0.478 e. The van der Waals surface area contributed by atoms with E-state index in [4.69, 9.17) is 5.11 Å². The molecule has 0 aliphatic heterocycles. The van der Waals surface area contributed by atoms with Gasteiger partial charge in [-0.1, -0.05) is 6.08 Å². The highest BCUT2D eigenvalue weighted by molar-refractivity contribution is 9.10. The van der Waals surface area contributed by atoms with Crippen molar-refractivity contribution in [1.29, 1.82) is 0 Å². The third-order valence-electron chi connectivity index (χ3n) is 2.54. The summed E-state index contributed by atoms with van der Waals surface area (Å²) in [5.41, 5.74) is 0.483. The van der Waals surface area contributed by atoms with Gasteiger partial charge in [0.25, 0.3) is 0 Å². The smallest absolute Gasteiger partial charge is 0.335 e. The first-order valence-corrected chi connectivity index (χ1v) is 7.55. The molecule has 0 saturated carbocycles. The zero-order valence-electron chi connectivity index (χ0n) is 10.6. The number of sulfonamides is 1. The van der Waals surface area contributed by atoms with E-state index >= 15 is 0 Å². The molecule has 7 heteroatoms. The van der Waals surface area contributed by atoms with Gasteiger partial charge in [-0.05, 0) is 40.5 Å². The molecule has 1 N–H and O–H groups in total. The quantitative estimate of drug-likeness (QED) is 0.829. The van der Waals surface area contributed by atoms with Gasteiger partial charge in [-0.2, -0.15) is 4.31 Å². The highest BCUT2D eigenvalue weighted by Crippen LogP contribution is 2.29. The standard InChI is InChI=1S/C12H14BrNO4S/c1-4-5-14(3)19(17,18)10-7-9(12(15)16)6-8(2)11(10)13/h4,6-7H,1,5H2,2-3H3,(H,15,16). The lowest BCUT2D eigenvalue weighted by atomic mass is 10.1. The first kappa shape index (κ1) is 15.9. The van der Waals surface area contributed by atoms with Gasteiger partial charge in [0.1, 0.15) is 0 Å². The van der Waals surface area contributed by atoms with Crippen LogP contribution >= 0.6 is 15.9 Å². The Morgan fingerprint density at radius 1 is 1.53 bits per heavy atom. The Bertz CT molecular complexity index is 625. The van der Waals surface area contributed by atoms with Gasteiger partial charge in [0.05, 0.1) is 10.5 Å². The van der Waals surface area contributed by atoms with E-state index in [1.54, 1.807) is 6.92 Å². The average Bonchev–Trinajstić information content (AvgIpc) is 2.32. The van der Waals surface area contributed by atoms with Gasteiger partial charge in [-0.15, -0.1) is 6.58 Å². The number of rotatable bonds is 5. The summed E-state index contributed by atoms with van der Waals surface area (Å²) < 4.78 is 26.1. The zero-order valence-corrected chi connectivity index (χ0v) is 13.0. The lowest BCUT2D eigenvalue weighted by molar-refractivity contribution is 0.0696. The molecular formula is C12H14BrNO4S. The van der Waals surface area contributed by atoms with Crippen molar-refractivity contribution in [2.75, 3.05) is 13.6 Å². The van der Waals surface area contributed by atoms with Gasteiger partial charge in [-0.25, -0.2) is 13.2 Å². The van der Waals surface area contributed by atoms with Crippen molar-refractivity contribution in [3.63, 3.8) is 0 Å². The second-order valence-electron chi connectivity index (χ2n) is 3.98. The molecule has 0 unspecified atom stereocenters. The van der Waals surface area contributed by atoms with Gasteiger partial charge in [-0.3, -0.25) is 0 Å². The summed E-state index contributed by atoms with van der Waals surface area (Å²) in [4.78, 5) is 10.9. The molecule has 0 spiro atoms. The lowest BCUT2D eigenvalue weighted by Gasteiger charge is -2.17. The number of carboxylic acids is 1. The van der Waals surface area contributed by atoms with Crippen LogP contribution < -0.4 is 0 Å². The fourth-order valence-corrected chi connectivity index (χ4v) is 3.64. The van der Waals surface area contributed by atoms with Gasteiger partial charge in [0.15, 0.2) is 0 Å². The highest BCUT2D eigenvalue weighted by atomic mass is 79.9. The van der Waals surface area contributed by atoms with Gasteiger partial charge < -0.3 is 5.11 Å². The third kappa shape index (κ3) is 3.23. The van der Waals surface area contributed by atoms with Gasteiger partial charge in [0, 0.05) is 18.1 Å². The number of aryl methyl sites for hydroxylation is 1. The Morgan fingerprint density at radius 2 is 2.11 bits per heavy atom. The van der Waals surface area contributed by atoms with Crippen molar-refractivity contribution in [1.82, 2.24) is 4.31 Å². The minimum absolute atomic E-state index is 0.0609. The highest BCUT2D eigenvalue weighted by Gasteiger charge is 2.25. The molecule has 1 rings (SSSR count). The van der Waals surface area contributed by atoms with Crippen LogP contribution in [0.3, 0.4) is 0 Å². The number of nitrogens with zero attached hydrogens (tertiary/aromatic N) is 1. The number of halogens is 1. The van der Waals surface area contributed by atoms with E-state index < -0.39 is 16.0 Å². The normalized spacial score (nSPS) is 11.6. The number of carboxylic acid groups (broad SMARTS) is 1. The number of benzene rings is 1. The summed E-state index contributed by atoms with van der Waals surface area (Å²) in [6.07, 6.45) is 1.46. The molecule has 1 aromatic carbocycles. The van der Waals surface area contributed by atoms with Crippen molar-refractivity contribution < 1.29 is 18.3 Å². The van der Waals surface area contributed by atoms with Crippen LogP contribution in [0.1, 0.15) is 15.9 Å². The summed E-state index contributed by atoms with van der Waals surface area (Å²) in [7, 11) is -2.35. The predicted octanol–water partition coefficient (Wildman–Crippen LogP) is 2.26. The van der Waals surface area contributed by atoms with Crippen molar-refractivity contribution >= 4 is 31.9 Å². The van der Waals surface area contributed by atoms with E-state index in [0.29, 0.717) is 10.0 Å². The number of aromatic carboxylic acids is 1. The largest absolute Gasteiger partial charge is 0.478 e. The van der Waals surface area contributed by atoms with Crippen molar-refractivity contribution in [2.24, 2.45) is 0 Å².